The minimum atomic E-state index is 0.185. The fraction of sp³-hybridized carbons (Fsp3) is 0.900. The molecule has 80 valence electrons. The fourth-order valence-corrected chi connectivity index (χ4v) is 1.69. The summed E-state index contributed by atoms with van der Waals surface area (Å²) in [5, 5.41) is 6.14. The molecule has 0 aliphatic carbocycles. The Balaban J connectivity index is 1.61. The fourth-order valence-electron chi connectivity index (χ4n) is 1.69. The Bertz CT molecular complexity index is 222. The smallest absolute Gasteiger partial charge is 0.220 e. The van der Waals surface area contributed by atoms with E-state index in [9.17, 15) is 4.79 Å². The summed E-state index contributed by atoms with van der Waals surface area (Å²) in [6.45, 7) is 6.44. The second-order valence-corrected chi connectivity index (χ2v) is 4.81. The molecule has 14 heavy (non-hydrogen) atoms. The molecule has 0 aromatic carbocycles. The van der Waals surface area contributed by atoms with Crippen LogP contribution < -0.4 is 10.6 Å². The summed E-state index contributed by atoms with van der Waals surface area (Å²) in [5.41, 5.74) is 0.188. The summed E-state index contributed by atoms with van der Waals surface area (Å²) in [6, 6.07) is 0. The summed E-state index contributed by atoms with van der Waals surface area (Å²) >= 11 is 0. The number of carbonyl (C=O) groups is 1. The summed E-state index contributed by atoms with van der Waals surface area (Å²) in [4.78, 5) is 11.5. The van der Waals surface area contributed by atoms with Crippen LogP contribution in [0, 0.1) is 11.3 Å². The lowest BCUT2D eigenvalue weighted by atomic mass is 9.88. The first-order valence-corrected chi connectivity index (χ1v) is 5.23. The monoisotopic (exact) mass is 198 g/mol. The van der Waals surface area contributed by atoms with Gasteiger partial charge >= 0.3 is 0 Å². The zero-order chi connectivity index (χ0) is 10.0. The van der Waals surface area contributed by atoms with E-state index in [0.717, 1.165) is 32.8 Å². The van der Waals surface area contributed by atoms with Crippen molar-refractivity contribution in [2.75, 3.05) is 32.8 Å². The highest BCUT2D eigenvalue weighted by molar-refractivity contribution is 5.76. The standard InChI is InChI=1S/C10H18N2O2/c1-10(6-14-7-10)5-12-9(13)2-8-3-11-4-8/h8,11H,2-7H2,1H3,(H,12,13). The third-order valence-corrected chi connectivity index (χ3v) is 2.95. The summed E-state index contributed by atoms with van der Waals surface area (Å²) in [7, 11) is 0. The van der Waals surface area contributed by atoms with Crippen LogP contribution in [0.2, 0.25) is 0 Å². The van der Waals surface area contributed by atoms with Gasteiger partial charge in [-0.25, -0.2) is 0 Å². The van der Waals surface area contributed by atoms with E-state index in [-0.39, 0.29) is 11.3 Å². The number of rotatable bonds is 4. The van der Waals surface area contributed by atoms with Gasteiger partial charge in [0.25, 0.3) is 0 Å². The molecule has 0 saturated carbocycles. The Kier molecular flexibility index (Phi) is 2.74. The van der Waals surface area contributed by atoms with Crippen LogP contribution in [-0.4, -0.2) is 38.8 Å². The number of carbonyl (C=O) groups excluding carboxylic acids is 1. The molecule has 2 rings (SSSR count). The van der Waals surface area contributed by atoms with Crippen LogP contribution in [0.1, 0.15) is 13.3 Å². The minimum Gasteiger partial charge on any atom is -0.380 e. The summed E-state index contributed by atoms with van der Waals surface area (Å²) < 4.78 is 5.12. The van der Waals surface area contributed by atoms with Crippen molar-refractivity contribution in [1.29, 1.82) is 0 Å². The van der Waals surface area contributed by atoms with E-state index < -0.39 is 0 Å². The normalized spacial score (nSPS) is 24.9. The van der Waals surface area contributed by atoms with Gasteiger partial charge in [-0.15, -0.1) is 0 Å². The molecule has 0 aromatic rings. The van der Waals surface area contributed by atoms with Crippen LogP contribution >= 0.6 is 0 Å². The van der Waals surface area contributed by atoms with Crippen molar-refractivity contribution in [2.45, 2.75) is 13.3 Å². The Morgan fingerprint density at radius 1 is 1.57 bits per heavy atom. The van der Waals surface area contributed by atoms with Gasteiger partial charge in [0.15, 0.2) is 0 Å². The molecule has 1 amide bonds. The minimum absolute atomic E-state index is 0.185. The predicted octanol–water partition coefficient (Wildman–Crippen LogP) is -0.251. The Hall–Kier alpha value is -0.610. The molecule has 2 N–H and O–H groups in total. The second kappa shape index (κ2) is 3.87. The molecule has 2 aliphatic heterocycles. The van der Waals surface area contributed by atoms with Gasteiger partial charge in [-0.05, 0) is 19.0 Å². The van der Waals surface area contributed by atoms with Crippen molar-refractivity contribution in [3.63, 3.8) is 0 Å². The maximum atomic E-state index is 11.5. The summed E-state index contributed by atoms with van der Waals surface area (Å²) in [5.74, 6) is 0.741. The van der Waals surface area contributed by atoms with E-state index in [1.54, 1.807) is 0 Å². The number of nitrogens with one attached hydrogen (secondary N) is 2. The lowest BCUT2D eigenvalue weighted by Gasteiger charge is -2.38. The Labute approximate surface area is 84.4 Å². The van der Waals surface area contributed by atoms with Gasteiger partial charge in [0.1, 0.15) is 0 Å². The highest BCUT2D eigenvalue weighted by Crippen LogP contribution is 2.25. The van der Waals surface area contributed by atoms with Crippen molar-refractivity contribution >= 4 is 5.91 Å². The second-order valence-electron chi connectivity index (χ2n) is 4.81. The Morgan fingerprint density at radius 2 is 2.29 bits per heavy atom. The topological polar surface area (TPSA) is 50.4 Å². The molecule has 0 atom stereocenters. The largest absolute Gasteiger partial charge is 0.380 e. The molecular formula is C10H18N2O2. The number of amides is 1. The first-order chi connectivity index (χ1) is 6.68. The zero-order valence-corrected chi connectivity index (χ0v) is 8.64. The van der Waals surface area contributed by atoms with Crippen LogP contribution in [0.15, 0.2) is 0 Å². The molecule has 0 radical (unpaired) electrons. The SMILES string of the molecule is CC1(CNC(=O)CC2CNC2)COC1. The summed E-state index contributed by atoms with van der Waals surface area (Å²) in [6.07, 6.45) is 0.671. The average Bonchev–Trinajstić information content (AvgIpc) is 2.05. The Morgan fingerprint density at radius 3 is 2.71 bits per heavy atom. The third kappa shape index (κ3) is 2.25. The van der Waals surface area contributed by atoms with Crippen LogP contribution in [0.3, 0.4) is 0 Å². The van der Waals surface area contributed by atoms with E-state index >= 15 is 0 Å². The van der Waals surface area contributed by atoms with Crippen molar-refractivity contribution in [3.8, 4) is 0 Å². The van der Waals surface area contributed by atoms with Crippen LogP contribution in [-0.2, 0) is 9.53 Å². The van der Waals surface area contributed by atoms with Gasteiger partial charge in [0.05, 0.1) is 13.2 Å². The maximum absolute atomic E-state index is 11.5. The molecule has 2 aliphatic rings. The van der Waals surface area contributed by atoms with E-state index in [2.05, 4.69) is 17.6 Å². The first kappa shape index (κ1) is 9.93. The van der Waals surface area contributed by atoms with E-state index in [0.29, 0.717) is 12.3 Å². The molecule has 4 nitrogen and oxygen atoms in total. The predicted molar refractivity (Wildman–Crippen MR) is 52.9 cm³/mol. The van der Waals surface area contributed by atoms with Gasteiger partial charge in [0.2, 0.25) is 5.91 Å². The average molecular weight is 198 g/mol. The molecule has 2 heterocycles. The van der Waals surface area contributed by atoms with E-state index in [4.69, 9.17) is 4.74 Å². The molecular weight excluding hydrogens is 180 g/mol. The van der Waals surface area contributed by atoms with E-state index in [1.165, 1.54) is 0 Å². The maximum Gasteiger partial charge on any atom is 0.220 e. The first-order valence-electron chi connectivity index (χ1n) is 5.23. The molecule has 2 saturated heterocycles. The highest BCUT2D eigenvalue weighted by atomic mass is 16.5. The molecule has 4 heteroatoms. The van der Waals surface area contributed by atoms with Crippen LogP contribution in [0.5, 0.6) is 0 Å². The van der Waals surface area contributed by atoms with Gasteiger partial charge in [0, 0.05) is 18.4 Å². The lowest BCUT2D eigenvalue weighted by molar-refractivity contribution is -0.127. The van der Waals surface area contributed by atoms with Gasteiger partial charge in [-0.1, -0.05) is 6.92 Å². The molecule has 2 fully saturated rings. The highest BCUT2D eigenvalue weighted by Gasteiger charge is 2.33. The molecule has 0 unspecified atom stereocenters. The lowest BCUT2D eigenvalue weighted by Crippen LogP contribution is -2.50. The third-order valence-electron chi connectivity index (χ3n) is 2.95. The van der Waals surface area contributed by atoms with Crippen LogP contribution in [0.25, 0.3) is 0 Å². The number of hydrogen-bond donors (Lipinski definition) is 2. The van der Waals surface area contributed by atoms with Gasteiger partial charge < -0.3 is 15.4 Å². The van der Waals surface area contributed by atoms with Crippen molar-refractivity contribution in [3.05, 3.63) is 0 Å². The quantitative estimate of drug-likeness (QED) is 0.655. The number of ether oxygens (including phenoxy) is 1. The van der Waals surface area contributed by atoms with Crippen LogP contribution in [0.4, 0.5) is 0 Å². The van der Waals surface area contributed by atoms with Crippen molar-refractivity contribution in [2.24, 2.45) is 11.3 Å². The number of hydrogen-bond acceptors (Lipinski definition) is 3. The van der Waals surface area contributed by atoms with E-state index in [1.807, 2.05) is 0 Å². The molecule has 0 bridgehead atoms. The molecule has 0 spiro atoms. The van der Waals surface area contributed by atoms with Crippen molar-refractivity contribution < 1.29 is 9.53 Å². The molecule has 0 aromatic heterocycles. The van der Waals surface area contributed by atoms with Gasteiger partial charge in [-0.2, -0.15) is 0 Å². The zero-order valence-electron chi connectivity index (χ0n) is 8.64. The van der Waals surface area contributed by atoms with Crippen molar-refractivity contribution in [1.82, 2.24) is 10.6 Å². The van der Waals surface area contributed by atoms with Gasteiger partial charge in [-0.3, -0.25) is 4.79 Å².